The Morgan fingerprint density at radius 2 is 1.72 bits per heavy atom. The SMILES string of the molecule is CC(C)Oc1cccc(NC(=O)COc2ccc(C(C)(C)C)cc2)c1. The normalized spacial score (nSPS) is 11.3. The van der Waals surface area contributed by atoms with Crippen molar-refractivity contribution in [1.29, 1.82) is 0 Å². The lowest BCUT2D eigenvalue weighted by atomic mass is 9.87. The third kappa shape index (κ3) is 6.14. The van der Waals surface area contributed by atoms with Crippen molar-refractivity contribution < 1.29 is 14.3 Å². The third-order valence-electron chi connectivity index (χ3n) is 3.58. The van der Waals surface area contributed by atoms with Crippen molar-refractivity contribution in [2.45, 2.75) is 46.1 Å². The van der Waals surface area contributed by atoms with Gasteiger partial charge < -0.3 is 14.8 Å². The molecule has 0 atom stereocenters. The van der Waals surface area contributed by atoms with E-state index in [4.69, 9.17) is 9.47 Å². The average Bonchev–Trinajstić information content (AvgIpc) is 2.52. The van der Waals surface area contributed by atoms with E-state index in [1.807, 2.05) is 56.3 Å². The van der Waals surface area contributed by atoms with Crippen LogP contribution in [0.3, 0.4) is 0 Å². The van der Waals surface area contributed by atoms with E-state index in [9.17, 15) is 4.79 Å². The molecule has 0 aliphatic heterocycles. The molecule has 0 unspecified atom stereocenters. The van der Waals surface area contributed by atoms with E-state index >= 15 is 0 Å². The third-order valence-corrected chi connectivity index (χ3v) is 3.58. The summed E-state index contributed by atoms with van der Waals surface area (Å²) in [6.45, 7) is 10.4. The van der Waals surface area contributed by atoms with Crippen molar-refractivity contribution in [3.05, 3.63) is 54.1 Å². The quantitative estimate of drug-likeness (QED) is 0.822. The Balaban J connectivity index is 1.88. The van der Waals surface area contributed by atoms with Gasteiger partial charge in [-0.1, -0.05) is 39.0 Å². The van der Waals surface area contributed by atoms with Gasteiger partial charge in [0.2, 0.25) is 0 Å². The zero-order chi connectivity index (χ0) is 18.4. The highest BCUT2D eigenvalue weighted by molar-refractivity contribution is 5.92. The predicted octanol–water partition coefficient (Wildman–Crippen LogP) is 4.79. The van der Waals surface area contributed by atoms with Gasteiger partial charge in [0.15, 0.2) is 6.61 Å². The van der Waals surface area contributed by atoms with Crippen LogP contribution in [0.2, 0.25) is 0 Å². The van der Waals surface area contributed by atoms with Crippen LogP contribution in [0.25, 0.3) is 0 Å². The van der Waals surface area contributed by atoms with Crippen molar-refractivity contribution in [2.75, 3.05) is 11.9 Å². The summed E-state index contributed by atoms with van der Waals surface area (Å²) in [6, 6.07) is 15.2. The Kier molecular flexibility index (Phi) is 6.07. The fourth-order valence-electron chi connectivity index (χ4n) is 2.32. The first-order chi connectivity index (χ1) is 11.7. The molecule has 0 aromatic heterocycles. The molecule has 4 nitrogen and oxygen atoms in total. The molecule has 0 radical (unpaired) electrons. The lowest BCUT2D eigenvalue weighted by Crippen LogP contribution is -2.20. The molecule has 0 saturated heterocycles. The average molecular weight is 341 g/mol. The number of anilines is 1. The highest BCUT2D eigenvalue weighted by atomic mass is 16.5. The van der Waals surface area contributed by atoms with E-state index in [1.54, 1.807) is 6.07 Å². The number of nitrogens with one attached hydrogen (secondary N) is 1. The second-order valence-electron chi connectivity index (χ2n) is 7.31. The van der Waals surface area contributed by atoms with E-state index in [0.717, 1.165) is 5.75 Å². The summed E-state index contributed by atoms with van der Waals surface area (Å²) in [7, 11) is 0. The van der Waals surface area contributed by atoms with Crippen LogP contribution >= 0.6 is 0 Å². The molecular formula is C21H27NO3. The molecule has 2 rings (SSSR count). The second kappa shape index (κ2) is 8.06. The Morgan fingerprint density at radius 3 is 2.32 bits per heavy atom. The zero-order valence-corrected chi connectivity index (χ0v) is 15.6. The Hall–Kier alpha value is -2.49. The van der Waals surface area contributed by atoms with Crippen molar-refractivity contribution in [1.82, 2.24) is 0 Å². The number of hydrogen-bond donors (Lipinski definition) is 1. The van der Waals surface area contributed by atoms with Crippen molar-refractivity contribution in [2.24, 2.45) is 0 Å². The van der Waals surface area contributed by atoms with Gasteiger partial charge in [-0.2, -0.15) is 0 Å². The first-order valence-corrected chi connectivity index (χ1v) is 8.54. The van der Waals surface area contributed by atoms with Gasteiger partial charge in [-0.15, -0.1) is 0 Å². The molecule has 4 heteroatoms. The van der Waals surface area contributed by atoms with Crippen LogP contribution in [-0.4, -0.2) is 18.6 Å². The van der Waals surface area contributed by atoms with Gasteiger partial charge in [0.25, 0.3) is 5.91 Å². The van der Waals surface area contributed by atoms with Gasteiger partial charge in [-0.3, -0.25) is 4.79 Å². The van der Waals surface area contributed by atoms with Gasteiger partial charge >= 0.3 is 0 Å². The summed E-state index contributed by atoms with van der Waals surface area (Å²) >= 11 is 0. The minimum Gasteiger partial charge on any atom is -0.491 e. The van der Waals surface area contributed by atoms with Crippen LogP contribution in [0, 0.1) is 0 Å². The topological polar surface area (TPSA) is 47.6 Å². The molecule has 0 aliphatic rings. The van der Waals surface area contributed by atoms with Gasteiger partial charge in [-0.25, -0.2) is 0 Å². The van der Waals surface area contributed by atoms with Crippen molar-refractivity contribution >= 4 is 11.6 Å². The number of benzene rings is 2. The highest BCUT2D eigenvalue weighted by Gasteiger charge is 2.13. The number of carbonyl (C=O) groups excluding carboxylic acids is 1. The van der Waals surface area contributed by atoms with Crippen molar-refractivity contribution in [3.8, 4) is 11.5 Å². The van der Waals surface area contributed by atoms with E-state index in [1.165, 1.54) is 5.56 Å². The molecule has 25 heavy (non-hydrogen) atoms. The van der Waals surface area contributed by atoms with Crippen LogP contribution in [0.1, 0.15) is 40.2 Å². The van der Waals surface area contributed by atoms with Crippen molar-refractivity contribution in [3.63, 3.8) is 0 Å². The first-order valence-electron chi connectivity index (χ1n) is 8.54. The van der Waals surface area contributed by atoms with Crippen LogP contribution in [-0.2, 0) is 10.2 Å². The molecule has 0 bridgehead atoms. The molecule has 0 heterocycles. The molecular weight excluding hydrogens is 314 g/mol. The number of rotatable bonds is 6. The molecule has 1 amide bonds. The lowest BCUT2D eigenvalue weighted by Gasteiger charge is -2.19. The fourth-order valence-corrected chi connectivity index (χ4v) is 2.32. The second-order valence-corrected chi connectivity index (χ2v) is 7.31. The van der Waals surface area contributed by atoms with Crippen LogP contribution in [0.5, 0.6) is 11.5 Å². The van der Waals surface area contributed by atoms with Gasteiger partial charge in [0.1, 0.15) is 11.5 Å². The number of carbonyl (C=O) groups is 1. The molecule has 0 aliphatic carbocycles. The van der Waals surface area contributed by atoms with E-state index in [0.29, 0.717) is 11.4 Å². The lowest BCUT2D eigenvalue weighted by molar-refractivity contribution is -0.118. The van der Waals surface area contributed by atoms with E-state index in [2.05, 4.69) is 26.1 Å². The van der Waals surface area contributed by atoms with Gasteiger partial charge in [-0.05, 0) is 49.1 Å². The van der Waals surface area contributed by atoms with Crippen LogP contribution < -0.4 is 14.8 Å². The monoisotopic (exact) mass is 341 g/mol. The summed E-state index contributed by atoms with van der Waals surface area (Å²) in [5, 5.41) is 2.82. The summed E-state index contributed by atoms with van der Waals surface area (Å²) in [4.78, 5) is 12.1. The molecule has 0 spiro atoms. The predicted molar refractivity (Wildman–Crippen MR) is 101 cm³/mol. The number of ether oxygens (including phenoxy) is 2. The first kappa shape index (κ1) is 18.8. The maximum Gasteiger partial charge on any atom is 0.262 e. The molecule has 0 fully saturated rings. The Labute approximate surface area is 150 Å². The number of amides is 1. The minimum atomic E-state index is -0.207. The summed E-state index contributed by atoms with van der Waals surface area (Å²) < 4.78 is 11.2. The Bertz CT molecular complexity index is 700. The number of hydrogen-bond acceptors (Lipinski definition) is 3. The van der Waals surface area contributed by atoms with E-state index < -0.39 is 0 Å². The molecule has 2 aromatic rings. The smallest absolute Gasteiger partial charge is 0.262 e. The fraction of sp³-hybridized carbons (Fsp3) is 0.381. The maximum atomic E-state index is 12.1. The molecule has 0 saturated carbocycles. The van der Waals surface area contributed by atoms with Crippen LogP contribution in [0.4, 0.5) is 5.69 Å². The Morgan fingerprint density at radius 1 is 1.04 bits per heavy atom. The standard InChI is InChI=1S/C21H27NO3/c1-15(2)25-19-8-6-7-17(13-19)22-20(23)14-24-18-11-9-16(10-12-18)21(3,4)5/h6-13,15H,14H2,1-5H3,(H,22,23). The zero-order valence-electron chi connectivity index (χ0n) is 15.6. The van der Waals surface area contributed by atoms with Gasteiger partial charge in [0, 0.05) is 11.8 Å². The summed E-state index contributed by atoms with van der Waals surface area (Å²) in [6.07, 6.45) is 0.0883. The van der Waals surface area contributed by atoms with Crippen LogP contribution in [0.15, 0.2) is 48.5 Å². The molecule has 2 aromatic carbocycles. The molecule has 134 valence electrons. The largest absolute Gasteiger partial charge is 0.491 e. The summed E-state index contributed by atoms with van der Waals surface area (Å²) in [5.74, 6) is 1.20. The highest BCUT2D eigenvalue weighted by Crippen LogP contribution is 2.24. The maximum absolute atomic E-state index is 12.1. The van der Waals surface area contributed by atoms with E-state index in [-0.39, 0.29) is 24.0 Å². The summed E-state index contributed by atoms with van der Waals surface area (Å²) in [5.41, 5.74) is 2.01. The van der Waals surface area contributed by atoms with Gasteiger partial charge in [0.05, 0.1) is 6.10 Å². The molecule has 1 N–H and O–H groups in total. The minimum absolute atomic E-state index is 0.0376.